The van der Waals surface area contributed by atoms with Crippen LogP contribution in [0.25, 0.3) is 22.8 Å². The van der Waals surface area contributed by atoms with Crippen LogP contribution in [0.4, 0.5) is 8.78 Å². The number of aliphatic hydroxyl groups is 1. The van der Waals surface area contributed by atoms with Gasteiger partial charge in [-0.3, -0.25) is 5.10 Å². The van der Waals surface area contributed by atoms with Crippen molar-refractivity contribution in [1.82, 2.24) is 30.4 Å². The molecule has 0 amide bonds. The molecule has 0 aliphatic heterocycles. The van der Waals surface area contributed by atoms with E-state index >= 15 is 0 Å². The predicted molar refractivity (Wildman–Crippen MR) is 127 cm³/mol. The van der Waals surface area contributed by atoms with Crippen molar-refractivity contribution in [2.75, 3.05) is 0 Å². The van der Waals surface area contributed by atoms with Crippen molar-refractivity contribution < 1.29 is 13.9 Å². The van der Waals surface area contributed by atoms with E-state index in [0.29, 0.717) is 36.1 Å². The normalized spacial score (nSPS) is 27.3. The minimum absolute atomic E-state index is 0.154. The van der Waals surface area contributed by atoms with E-state index in [9.17, 15) is 13.9 Å². The van der Waals surface area contributed by atoms with Crippen LogP contribution in [0, 0.1) is 23.5 Å². The Bertz CT molecular complexity index is 1510. The molecule has 2 N–H and O–H groups in total. The lowest BCUT2D eigenvalue weighted by Gasteiger charge is -2.60. The van der Waals surface area contributed by atoms with Crippen LogP contribution < -0.4 is 0 Å². The fourth-order valence-corrected chi connectivity index (χ4v) is 6.26. The van der Waals surface area contributed by atoms with Crippen molar-refractivity contribution in [1.29, 1.82) is 0 Å². The van der Waals surface area contributed by atoms with Gasteiger partial charge < -0.3 is 5.11 Å². The van der Waals surface area contributed by atoms with E-state index in [-0.39, 0.29) is 23.1 Å². The van der Waals surface area contributed by atoms with Crippen molar-refractivity contribution in [2.45, 2.75) is 50.0 Å². The Morgan fingerprint density at radius 1 is 0.972 bits per heavy atom. The molecule has 4 atom stereocenters. The minimum atomic E-state index is -0.902. The number of aromatic nitrogens is 6. The lowest BCUT2D eigenvalue weighted by atomic mass is 9.43. The van der Waals surface area contributed by atoms with Crippen LogP contribution in [-0.2, 0) is 11.0 Å². The Labute approximate surface area is 206 Å². The van der Waals surface area contributed by atoms with Gasteiger partial charge in [-0.15, -0.1) is 5.10 Å². The first-order valence-corrected chi connectivity index (χ1v) is 12.3. The molecular formula is C27H24F2N6O. The van der Waals surface area contributed by atoms with Crippen molar-refractivity contribution in [3.05, 3.63) is 76.9 Å². The summed E-state index contributed by atoms with van der Waals surface area (Å²) in [6, 6.07) is 11.4. The molecule has 182 valence electrons. The van der Waals surface area contributed by atoms with Gasteiger partial charge in [0.15, 0.2) is 11.6 Å². The molecule has 0 radical (unpaired) electrons. The molecule has 2 unspecified atom stereocenters. The maximum Gasteiger partial charge on any atom is 0.199 e. The van der Waals surface area contributed by atoms with Gasteiger partial charge in [0, 0.05) is 0 Å². The van der Waals surface area contributed by atoms with Gasteiger partial charge in [-0.05, 0) is 72.9 Å². The molecule has 0 spiro atoms. The largest absolute Gasteiger partial charge is 0.382 e. The predicted octanol–water partition coefficient (Wildman–Crippen LogP) is 4.64. The van der Waals surface area contributed by atoms with E-state index in [1.165, 1.54) is 18.2 Å². The van der Waals surface area contributed by atoms with E-state index in [4.69, 9.17) is 4.98 Å². The highest BCUT2D eigenvalue weighted by atomic mass is 19.1. The summed E-state index contributed by atoms with van der Waals surface area (Å²) < 4.78 is 29.0. The van der Waals surface area contributed by atoms with Gasteiger partial charge in [-0.1, -0.05) is 26.0 Å². The Morgan fingerprint density at radius 2 is 1.72 bits per heavy atom. The third kappa shape index (κ3) is 2.83. The van der Waals surface area contributed by atoms with Gasteiger partial charge in [-0.2, -0.15) is 10.2 Å². The van der Waals surface area contributed by atoms with Crippen LogP contribution >= 0.6 is 0 Å². The van der Waals surface area contributed by atoms with Crippen molar-refractivity contribution in [2.24, 2.45) is 11.8 Å². The molecule has 0 saturated heterocycles. The minimum Gasteiger partial charge on any atom is -0.382 e. The Balaban J connectivity index is 1.33. The summed E-state index contributed by atoms with van der Waals surface area (Å²) in [5, 5.41) is 26.4. The number of nitrogens with zero attached hydrogens (tertiary/aromatic N) is 5. The Morgan fingerprint density at radius 3 is 2.44 bits per heavy atom. The van der Waals surface area contributed by atoms with Crippen LogP contribution in [0.1, 0.15) is 61.8 Å². The third-order valence-electron chi connectivity index (χ3n) is 8.66. The second-order valence-corrected chi connectivity index (χ2v) is 10.5. The number of benzene rings is 1. The number of hydrogen-bond donors (Lipinski definition) is 2. The highest BCUT2D eigenvalue weighted by Crippen LogP contribution is 2.65. The second kappa shape index (κ2) is 7.22. The van der Waals surface area contributed by atoms with Gasteiger partial charge in [0.1, 0.15) is 22.9 Å². The smallest absolute Gasteiger partial charge is 0.199 e. The summed E-state index contributed by atoms with van der Waals surface area (Å²) in [6.07, 6.45) is 2.22. The quantitative estimate of drug-likeness (QED) is 0.436. The molecule has 36 heavy (non-hydrogen) atoms. The van der Waals surface area contributed by atoms with E-state index in [2.05, 4.69) is 39.2 Å². The van der Waals surface area contributed by atoms with Crippen LogP contribution in [0.5, 0.6) is 0 Å². The molecule has 4 aromatic rings. The van der Waals surface area contributed by atoms with Crippen LogP contribution in [-0.4, -0.2) is 35.5 Å². The first-order chi connectivity index (χ1) is 17.3. The van der Waals surface area contributed by atoms with E-state index in [1.54, 1.807) is 6.07 Å². The zero-order valence-corrected chi connectivity index (χ0v) is 19.8. The molecule has 2 fully saturated rings. The maximum atomic E-state index is 14.5. The van der Waals surface area contributed by atoms with Gasteiger partial charge >= 0.3 is 0 Å². The van der Waals surface area contributed by atoms with Crippen LogP contribution in [0.3, 0.4) is 0 Å². The molecule has 3 heterocycles. The summed E-state index contributed by atoms with van der Waals surface area (Å²) in [4.78, 5) is 9.46. The standard InChI is InChI=1S/C27H24F2N6O/c1-13-15-11-20(22-17(28)5-3-6-18(22)29)32-33-23(15)27(12-16(13)14(27)2)21-8-4-7-19(30-21)24-31-25(35-34-24)26(36)9-10-26/h3-8,11,13-14,16,36H,9-10,12H2,1-2H3,(H,31,34,35)/t13-,14?,16?,27+/m1/s1. The van der Waals surface area contributed by atoms with Crippen LogP contribution in [0.2, 0.25) is 0 Å². The number of H-pyrrole nitrogens is 1. The molecule has 9 heteroatoms. The average Bonchev–Trinajstić information content (AvgIpc) is 3.42. The summed E-state index contributed by atoms with van der Waals surface area (Å²) in [5.41, 5.74) is 1.94. The van der Waals surface area contributed by atoms with Gasteiger partial charge in [0.25, 0.3) is 0 Å². The monoisotopic (exact) mass is 486 g/mol. The summed E-state index contributed by atoms with van der Waals surface area (Å²) in [7, 11) is 0. The molecule has 4 aliphatic rings. The topological polar surface area (TPSA) is 100 Å². The van der Waals surface area contributed by atoms with E-state index in [1.807, 2.05) is 18.2 Å². The molecule has 3 aromatic heterocycles. The number of nitrogens with one attached hydrogen (secondary N) is 1. The van der Waals surface area contributed by atoms with Crippen molar-refractivity contribution >= 4 is 0 Å². The summed E-state index contributed by atoms with van der Waals surface area (Å²) in [5.74, 6) is 0.435. The second-order valence-electron chi connectivity index (χ2n) is 10.5. The molecule has 8 rings (SSSR count). The maximum absolute atomic E-state index is 14.5. The molecule has 1 aromatic carbocycles. The fraction of sp³-hybridized carbons (Fsp3) is 0.370. The number of hydrogen-bond acceptors (Lipinski definition) is 6. The molecular weight excluding hydrogens is 462 g/mol. The lowest BCUT2D eigenvalue weighted by molar-refractivity contribution is 0.0304. The van der Waals surface area contributed by atoms with E-state index in [0.717, 1.165) is 23.4 Å². The zero-order valence-electron chi connectivity index (χ0n) is 19.8. The highest BCUT2D eigenvalue weighted by molar-refractivity contribution is 5.63. The molecule has 2 bridgehead atoms. The number of aromatic amines is 1. The van der Waals surface area contributed by atoms with Gasteiger partial charge in [0.2, 0.25) is 0 Å². The summed E-state index contributed by atoms with van der Waals surface area (Å²) in [6.45, 7) is 4.36. The molecule has 4 aliphatic carbocycles. The average molecular weight is 487 g/mol. The Hall–Kier alpha value is -3.59. The summed E-state index contributed by atoms with van der Waals surface area (Å²) >= 11 is 0. The van der Waals surface area contributed by atoms with E-state index < -0.39 is 22.7 Å². The lowest BCUT2D eigenvalue weighted by Crippen LogP contribution is -2.57. The molecule has 2 saturated carbocycles. The fourth-order valence-electron chi connectivity index (χ4n) is 6.26. The zero-order chi connectivity index (χ0) is 24.8. The van der Waals surface area contributed by atoms with Crippen molar-refractivity contribution in [3.63, 3.8) is 0 Å². The highest BCUT2D eigenvalue weighted by Gasteiger charge is 2.62. The van der Waals surface area contributed by atoms with Gasteiger partial charge in [0.05, 0.1) is 28.1 Å². The number of pyridine rings is 1. The SMILES string of the molecule is CC1C2C[C@]1(c1cccc(-c3n[nH]c(C4(O)CC4)n3)n1)c1nnc(-c3c(F)cccc3F)cc1[C@H]2C. The first-order valence-electron chi connectivity index (χ1n) is 12.3. The number of halogens is 2. The first kappa shape index (κ1) is 21.7. The molecule has 7 nitrogen and oxygen atoms in total. The third-order valence-corrected chi connectivity index (χ3v) is 8.66. The number of rotatable bonds is 4. The Kier molecular flexibility index (Phi) is 4.35. The van der Waals surface area contributed by atoms with Crippen molar-refractivity contribution in [3.8, 4) is 22.8 Å². The van der Waals surface area contributed by atoms with Gasteiger partial charge in [-0.25, -0.2) is 18.7 Å². The van der Waals surface area contributed by atoms with Crippen LogP contribution in [0.15, 0.2) is 42.5 Å².